The number of ketones is 1. The molecule has 14 heavy (non-hydrogen) atoms. The van der Waals surface area contributed by atoms with Gasteiger partial charge in [-0.05, 0) is 13.3 Å². The molecule has 0 bridgehead atoms. The maximum absolute atomic E-state index is 11.5. The molecule has 76 valence electrons. The van der Waals surface area contributed by atoms with Crippen LogP contribution in [0.25, 0.3) is 0 Å². The highest BCUT2D eigenvalue weighted by Gasteiger charge is 2.21. The number of aromatic nitrogens is 1. The van der Waals surface area contributed by atoms with Crippen LogP contribution in [0.5, 0.6) is 0 Å². The SMILES string of the molecule is CCc1[nH]c2c(c1C(C)=O)COCC2. The summed E-state index contributed by atoms with van der Waals surface area (Å²) in [5, 5.41) is 0. The third-order valence-corrected chi connectivity index (χ3v) is 2.72. The third-order valence-electron chi connectivity index (χ3n) is 2.72. The number of nitrogens with one attached hydrogen (secondary N) is 1. The molecule has 1 N–H and O–H groups in total. The number of hydrogen-bond donors (Lipinski definition) is 1. The number of Topliss-reactive ketones (excluding diaryl/α,β-unsaturated/α-hetero) is 1. The normalized spacial score (nSPS) is 15.3. The van der Waals surface area contributed by atoms with Crippen LogP contribution in [0.4, 0.5) is 0 Å². The lowest BCUT2D eigenvalue weighted by atomic mass is 10.0. The van der Waals surface area contributed by atoms with E-state index < -0.39 is 0 Å². The molecule has 2 rings (SSSR count). The lowest BCUT2D eigenvalue weighted by Crippen LogP contribution is -2.10. The van der Waals surface area contributed by atoms with E-state index in [9.17, 15) is 4.79 Å². The molecule has 0 saturated carbocycles. The number of aryl methyl sites for hydroxylation is 1. The Morgan fingerprint density at radius 2 is 2.36 bits per heavy atom. The summed E-state index contributed by atoms with van der Waals surface area (Å²) in [6.45, 7) is 5.02. The fraction of sp³-hybridized carbons (Fsp3) is 0.545. The summed E-state index contributed by atoms with van der Waals surface area (Å²) in [7, 11) is 0. The second kappa shape index (κ2) is 3.58. The van der Waals surface area contributed by atoms with Gasteiger partial charge in [-0.15, -0.1) is 0 Å². The van der Waals surface area contributed by atoms with E-state index in [1.165, 1.54) is 5.69 Å². The van der Waals surface area contributed by atoms with E-state index in [1.54, 1.807) is 6.92 Å². The van der Waals surface area contributed by atoms with Crippen LogP contribution >= 0.6 is 0 Å². The van der Waals surface area contributed by atoms with Crippen molar-refractivity contribution in [3.8, 4) is 0 Å². The minimum absolute atomic E-state index is 0.143. The molecule has 1 aliphatic rings. The van der Waals surface area contributed by atoms with E-state index in [1.807, 2.05) is 0 Å². The van der Waals surface area contributed by atoms with Gasteiger partial charge in [-0.3, -0.25) is 4.79 Å². The molecule has 0 unspecified atom stereocenters. The van der Waals surface area contributed by atoms with E-state index in [0.717, 1.165) is 36.3 Å². The van der Waals surface area contributed by atoms with Gasteiger partial charge in [-0.2, -0.15) is 0 Å². The Morgan fingerprint density at radius 1 is 1.57 bits per heavy atom. The van der Waals surface area contributed by atoms with Gasteiger partial charge in [0.05, 0.1) is 13.2 Å². The lowest BCUT2D eigenvalue weighted by molar-refractivity contribution is 0.0980. The summed E-state index contributed by atoms with van der Waals surface area (Å²) in [6, 6.07) is 0. The molecule has 2 heterocycles. The zero-order valence-corrected chi connectivity index (χ0v) is 8.64. The molecule has 3 nitrogen and oxygen atoms in total. The van der Waals surface area contributed by atoms with E-state index in [0.29, 0.717) is 6.61 Å². The molecule has 0 radical (unpaired) electrons. The van der Waals surface area contributed by atoms with Gasteiger partial charge in [0.15, 0.2) is 5.78 Å². The number of H-pyrrole nitrogens is 1. The zero-order valence-electron chi connectivity index (χ0n) is 8.64. The van der Waals surface area contributed by atoms with Crippen molar-refractivity contribution < 1.29 is 9.53 Å². The molecule has 0 fully saturated rings. The van der Waals surface area contributed by atoms with Crippen LogP contribution in [0.3, 0.4) is 0 Å². The first-order chi connectivity index (χ1) is 6.74. The van der Waals surface area contributed by atoms with Gasteiger partial charge < -0.3 is 9.72 Å². The Bertz CT molecular complexity index is 366. The smallest absolute Gasteiger partial charge is 0.161 e. The van der Waals surface area contributed by atoms with Gasteiger partial charge in [0.25, 0.3) is 0 Å². The zero-order chi connectivity index (χ0) is 10.1. The van der Waals surface area contributed by atoms with Crippen LogP contribution in [0.1, 0.15) is 41.2 Å². The molecule has 0 spiro atoms. The highest BCUT2D eigenvalue weighted by Crippen LogP contribution is 2.24. The molecule has 0 amide bonds. The summed E-state index contributed by atoms with van der Waals surface area (Å²) < 4.78 is 5.37. The van der Waals surface area contributed by atoms with Gasteiger partial charge in [-0.1, -0.05) is 6.92 Å². The Hall–Kier alpha value is -1.09. The Labute approximate surface area is 83.5 Å². The minimum Gasteiger partial charge on any atom is -0.376 e. The number of carbonyl (C=O) groups excluding carboxylic acids is 1. The average molecular weight is 193 g/mol. The Kier molecular flexibility index (Phi) is 2.42. The van der Waals surface area contributed by atoms with Crippen molar-refractivity contribution in [3.05, 3.63) is 22.5 Å². The van der Waals surface area contributed by atoms with Crippen molar-refractivity contribution in [2.75, 3.05) is 6.61 Å². The molecule has 1 aromatic rings. The van der Waals surface area contributed by atoms with Crippen LogP contribution in [0.15, 0.2) is 0 Å². The monoisotopic (exact) mass is 193 g/mol. The molecule has 1 aliphatic heterocycles. The Balaban J connectivity index is 2.53. The first-order valence-electron chi connectivity index (χ1n) is 5.05. The van der Waals surface area contributed by atoms with Gasteiger partial charge >= 0.3 is 0 Å². The Morgan fingerprint density at radius 3 is 3.00 bits per heavy atom. The van der Waals surface area contributed by atoms with Crippen molar-refractivity contribution in [2.45, 2.75) is 33.3 Å². The predicted molar refractivity (Wildman–Crippen MR) is 53.5 cm³/mol. The maximum atomic E-state index is 11.5. The second-order valence-corrected chi connectivity index (χ2v) is 3.65. The number of aromatic amines is 1. The van der Waals surface area contributed by atoms with E-state index in [2.05, 4.69) is 11.9 Å². The van der Waals surface area contributed by atoms with Crippen molar-refractivity contribution >= 4 is 5.78 Å². The molecule has 1 aromatic heterocycles. The number of rotatable bonds is 2. The quantitative estimate of drug-likeness (QED) is 0.728. The third kappa shape index (κ3) is 1.38. The van der Waals surface area contributed by atoms with Gasteiger partial charge in [0.1, 0.15) is 0 Å². The number of hydrogen-bond acceptors (Lipinski definition) is 2. The van der Waals surface area contributed by atoms with E-state index >= 15 is 0 Å². The molecule has 0 saturated heterocycles. The molecular formula is C11H15NO2. The second-order valence-electron chi connectivity index (χ2n) is 3.65. The van der Waals surface area contributed by atoms with Crippen LogP contribution in [0.2, 0.25) is 0 Å². The summed E-state index contributed by atoms with van der Waals surface area (Å²) in [5.41, 5.74) is 4.20. The fourth-order valence-corrected chi connectivity index (χ4v) is 2.06. The summed E-state index contributed by atoms with van der Waals surface area (Å²) >= 11 is 0. The predicted octanol–water partition coefficient (Wildman–Crippen LogP) is 1.85. The van der Waals surface area contributed by atoms with E-state index in [-0.39, 0.29) is 5.78 Å². The highest BCUT2D eigenvalue weighted by molar-refractivity contribution is 5.97. The van der Waals surface area contributed by atoms with Crippen molar-refractivity contribution in [2.24, 2.45) is 0 Å². The summed E-state index contributed by atoms with van der Waals surface area (Å²) in [4.78, 5) is 14.8. The van der Waals surface area contributed by atoms with Crippen molar-refractivity contribution in [1.29, 1.82) is 0 Å². The molecular weight excluding hydrogens is 178 g/mol. The van der Waals surface area contributed by atoms with Crippen LogP contribution in [-0.4, -0.2) is 17.4 Å². The van der Waals surface area contributed by atoms with E-state index in [4.69, 9.17) is 4.74 Å². The highest BCUT2D eigenvalue weighted by atomic mass is 16.5. The molecule has 0 aliphatic carbocycles. The fourth-order valence-electron chi connectivity index (χ4n) is 2.06. The van der Waals surface area contributed by atoms with Crippen LogP contribution < -0.4 is 0 Å². The molecule has 3 heteroatoms. The standard InChI is InChI=1S/C11H15NO2/c1-3-9-11(7(2)13)8-6-14-5-4-10(8)12-9/h12H,3-6H2,1-2H3. The van der Waals surface area contributed by atoms with Crippen LogP contribution in [0, 0.1) is 0 Å². The summed E-state index contributed by atoms with van der Waals surface area (Å²) in [6.07, 6.45) is 1.78. The average Bonchev–Trinajstić information content (AvgIpc) is 2.55. The number of ether oxygens (including phenoxy) is 1. The minimum atomic E-state index is 0.143. The number of fused-ring (bicyclic) bond motifs is 1. The van der Waals surface area contributed by atoms with Gasteiger partial charge in [0.2, 0.25) is 0 Å². The lowest BCUT2D eigenvalue weighted by Gasteiger charge is -2.12. The summed E-state index contributed by atoms with van der Waals surface area (Å²) in [5.74, 6) is 0.143. The van der Waals surface area contributed by atoms with Crippen molar-refractivity contribution in [3.63, 3.8) is 0 Å². The first-order valence-corrected chi connectivity index (χ1v) is 5.05. The molecule has 0 atom stereocenters. The van der Waals surface area contributed by atoms with Crippen LogP contribution in [-0.2, 0) is 24.2 Å². The number of carbonyl (C=O) groups is 1. The van der Waals surface area contributed by atoms with Crippen molar-refractivity contribution in [1.82, 2.24) is 4.98 Å². The largest absolute Gasteiger partial charge is 0.376 e. The molecule has 0 aromatic carbocycles. The topological polar surface area (TPSA) is 42.1 Å². The maximum Gasteiger partial charge on any atom is 0.161 e. The van der Waals surface area contributed by atoms with Gasteiger partial charge in [-0.25, -0.2) is 0 Å². The van der Waals surface area contributed by atoms with Gasteiger partial charge in [0, 0.05) is 28.9 Å². The first kappa shape index (κ1) is 9.46.